The number of aryl methyl sites for hydroxylation is 2. The topological polar surface area (TPSA) is 75.3 Å². The Labute approximate surface area is 178 Å². The summed E-state index contributed by atoms with van der Waals surface area (Å²) in [5, 5.41) is 2.96. The molecule has 0 atom stereocenters. The average Bonchev–Trinajstić information content (AvgIpc) is 2.78. The van der Waals surface area contributed by atoms with Crippen molar-refractivity contribution in [2.75, 3.05) is 4.72 Å². The highest BCUT2D eigenvalue weighted by atomic mass is 32.2. The van der Waals surface area contributed by atoms with E-state index in [4.69, 9.17) is 0 Å². The van der Waals surface area contributed by atoms with Crippen LogP contribution in [0.4, 0.5) is 5.69 Å². The average molecular weight is 423 g/mol. The van der Waals surface area contributed by atoms with Gasteiger partial charge in [0.25, 0.3) is 15.9 Å². The highest BCUT2D eigenvalue weighted by Gasteiger charge is 2.14. The molecule has 3 aromatic rings. The van der Waals surface area contributed by atoms with Gasteiger partial charge < -0.3 is 5.32 Å². The van der Waals surface area contributed by atoms with E-state index >= 15 is 0 Å². The van der Waals surface area contributed by atoms with Gasteiger partial charge in [-0.2, -0.15) is 0 Å². The third-order valence-corrected chi connectivity index (χ3v) is 6.35. The van der Waals surface area contributed by atoms with Crippen molar-refractivity contribution in [1.29, 1.82) is 0 Å². The molecule has 6 heteroatoms. The molecule has 0 radical (unpaired) electrons. The van der Waals surface area contributed by atoms with Crippen LogP contribution in [0.5, 0.6) is 0 Å². The summed E-state index contributed by atoms with van der Waals surface area (Å²) in [5.41, 5.74) is 4.46. The first kappa shape index (κ1) is 21.6. The molecule has 1 amide bonds. The van der Waals surface area contributed by atoms with Crippen molar-refractivity contribution < 1.29 is 13.2 Å². The predicted molar refractivity (Wildman–Crippen MR) is 120 cm³/mol. The number of carbonyl (C=O) groups is 1. The van der Waals surface area contributed by atoms with Gasteiger partial charge in [0.05, 0.1) is 4.90 Å². The molecule has 0 spiro atoms. The molecule has 0 aliphatic rings. The molecule has 2 N–H and O–H groups in total. The molecule has 0 unspecified atom stereocenters. The minimum absolute atomic E-state index is 0.188. The van der Waals surface area contributed by atoms with Gasteiger partial charge in [-0.15, -0.1) is 0 Å². The lowest BCUT2D eigenvalue weighted by Crippen LogP contribution is -2.23. The number of nitrogens with one attached hydrogen (secondary N) is 2. The maximum absolute atomic E-state index is 12.5. The van der Waals surface area contributed by atoms with Crippen LogP contribution in [0.15, 0.2) is 77.7 Å². The molecular formula is C24H26N2O3S. The van der Waals surface area contributed by atoms with Crippen LogP contribution in [0.3, 0.4) is 0 Å². The zero-order chi connectivity index (χ0) is 21.6. The van der Waals surface area contributed by atoms with E-state index < -0.39 is 10.0 Å². The summed E-state index contributed by atoms with van der Waals surface area (Å²) < 4.78 is 27.3. The standard InChI is InChI=1S/C24H26N2O3S/c1-3-18-10-11-19(4-2)21(16-18)17-25-24(27)20-12-14-22(15-13-20)26-30(28,29)23-8-6-5-7-9-23/h5-16,26H,3-4,17H2,1-2H3,(H,25,27). The molecule has 0 heterocycles. The third kappa shape index (κ3) is 5.27. The largest absolute Gasteiger partial charge is 0.348 e. The summed E-state index contributed by atoms with van der Waals surface area (Å²) >= 11 is 0. The number of hydrogen-bond donors (Lipinski definition) is 2. The van der Waals surface area contributed by atoms with E-state index in [2.05, 4.69) is 42.1 Å². The summed E-state index contributed by atoms with van der Waals surface area (Å²) in [6.07, 6.45) is 1.86. The van der Waals surface area contributed by atoms with Crippen LogP contribution in [0.25, 0.3) is 0 Å². The third-order valence-electron chi connectivity index (χ3n) is 4.95. The Morgan fingerprint density at radius 3 is 2.17 bits per heavy atom. The number of amides is 1. The number of sulfonamides is 1. The zero-order valence-electron chi connectivity index (χ0n) is 17.2. The molecule has 3 aromatic carbocycles. The van der Waals surface area contributed by atoms with Gasteiger partial charge in [0, 0.05) is 17.8 Å². The predicted octanol–water partition coefficient (Wildman–Crippen LogP) is 4.54. The van der Waals surface area contributed by atoms with Gasteiger partial charge in [-0.05, 0) is 65.9 Å². The van der Waals surface area contributed by atoms with Crippen LogP contribution in [0, 0.1) is 0 Å². The van der Waals surface area contributed by atoms with Gasteiger partial charge in [-0.3, -0.25) is 9.52 Å². The lowest BCUT2D eigenvalue weighted by Gasteiger charge is -2.12. The minimum atomic E-state index is -3.66. The van der Waals surface area contributed by atoms with E-state index in [1.807, 2.05) is 0 Å². The maximum atomic E-state index is 12.5. The molecule has 0 aliphatic carbocycles. The van der Waals surface area contributed by atoms with Crippen molar-refractivity contribution in [1.82, 2.24) is 5.32 Å². The van der Waals surface area contributed by atoms with Crippen LogP contribution in [0.2, 0.25) is 0 Å². The van der Waals surface area contributed by atoms with Crippen LogP contribution in [0.1, 0.15) is 40.9 Å². The van der Waals surface area contributed by atoms with Crippen molar-refractivity contribution in [3.63, 3.8) is 0 Å². The summed E-state index contributed by atoms with van der Waals surface area (Å²) in [6, 6.07) is 20.9. The van der Waals surface area contributed by atoms with Crippen LogP contribution in [-0.4, -0.2) is 14.3 Å². The Bertz CT molecular complexity index is 1110. The lowest BCUT2D eigenvalue weighted by molar-refractivity contribution is 0.0951. The molecule has 0 fully saturated rings. The number of carbonyl (C=O) groups excluding carboxylic acids is 1. The minimum Gasteiger partial charge on any atom is -0.348 e. The molecular weight excluding hydrogens is 396 g/mol. The summed E-state index contributed by atoms with van der Waals surface area (Å²) in [4.78, 5) is 12.7. The van der Waals surface area contributed by atoms with Gasteiger partial charge in [0.1, 0.15) is 0 Å². The number of rotatable bonds is 8. The quantitative estimate of drug-likeness (QED) is 0.559. The highest BCUT2D eigenvalue weighted by molar-refractivity contribution is 7.92. The monoisotopic (exact) mass is 422 g/mol. The molecule has 0 aromatic heterocycles. The van der Waals surface area contributed by atoms with Gasteiger partial charge in [-0.25, -0.2) is 8.42 Å². The van der Waals surface area contributed by atoms with E-state index in [1.165, 1.54) is 23.3 Å². The van der Waals surface area contributed by atoms with Crippen LogP contribution < -0.4 is 10.0 Å². The second kappa shape index (κ2) is 9.59. The smallest absolute Gasteiger partial charge is 0.261 e. The number of anilines is 1. The second-order valence-corrected chi connectivity index (χ2v) is 8.67. The van der Waals surface area contributed by atoms with E-state index in [1.54, 1.807) is 42.5 Å². The SMILES string of the molecule is CCc1ccc(CC)c(CNC(=O)c2ccc(NS(=O)(=O)c3ccccc3)cc2)c1. The second-order valence-electron chi connectivity index (χ2n) is 6.99. The van der Waals surface area contributed by atoms with Gasteiger partial charge in [0.2, 0.25) is 0 Å². The van der Waals surface area contributed by atoms with E-state index in [-0.39, 0.29) is 10.8 Å². The normalized spacial score (nSPS) is 11.1. The summed E-state index contributed by atoms with van der Waals surface area (Å²) in [6.45, 7) is 4.66. The Balaban J connectivity index is 1.66. The lowest BCUT2D eigenvalue weighted by atomic mass is 10.0. The van der Waals surface area contributed by atoms with Crippen molar-refractivity contribution in [3.05, 3.63) is 95.1 Å². The zero-order valence-corrected chi connectivity index (χ0v) is 18.0. The fourth-order valence-corrected chi connectivity index (χ4v) is 4.27. The van der Waals surface area contributed by atoms with E-state index in [0.29, 0.717) is 17.8 Å². The number of benzene rings is 3. The Morgan fingerprint density at radius 1 is 0.833 bits per heavy atom. The molecule has 3 rings (SSSR count). The molecule has 0 saturated heterocycles. The first-order chi connectivity index (χ1) is 14.4. The molecule has 5 nitrogen and oxygen atoms in total. The van der Waals surface area contributed by atoms with Crippen molar-refractivity contribution >= 4 is 21.6 Å². The number of hydrogen-bond acceptors (Lipinski definition) is 3. The summed E-state index contributed by atoms with van der Waals surface area (Å²) in [7, 11) is -3.66. The van der Waals surface area contributed by atoms with Crippen molar-refractivity contribution in [3.8, 4) is 0 Å². The van der Waals surface area contributed by atoms with Crippen LogP contribution >= 0.6 is 0 Å². The molecule has 30 heavy (non-hydrogen) atoms. The Hall–Kier alpha value is -3.12. The Morgan fingerprint density at radius 2 is 1.53 bits per heavy atom. The molecule has 0 saturated carbocycles. The van der Waals surface area contributed by atoms with Gasteiger partial charge in [0.15, 0.2) is 0 Å². The highest BCUT2D eigenvalue weighted by Crippen LogP contribution is 2.17. The fourth-order valence-electron chi connectivity index (χ4n) is 3.19. The summed E-state index contributed by atoms with van der Waals surface area (Å²) in [5.74, 6) is -0.198. The molecule has 0 aliphatic heterocycles. The van der Waals surface area contributed by atoms with E-state index in [9.17, 15) is 13.2 Å². The fraction of sp³-hybridized carbons (Fsp3) is 0.208. The first-order valence-electron chi connectivity index (χ1n) is 9.99. The van der Waals surface area contributed by atoms with Gasteiger partial charge >= 0.3 is 0 Å². The van der Waals surface area contributed by atoms with E-state index in [0.717, 1.165) is 18.4 Å². The van der Waals surface area contributed by atoms with Crippen molar-refractivity contribution in [2.24, 2.45) is 0 Å². The molecule has 156 valence electrons. The van der Waals surface area contributed by atoms with Crippen molar-refractivity contribution in [2.45, 2.75) is 38.1 Å². The first-order valence-corrected chi connectivity index (χ1v) is 11.5. The molecule has 0 bridgehead atoms. The van der Waals surface area contributed by atoms with Gasteiger partial charge in [-0.1, -0.05) is 50.2 Å². The maximum Gasteiger partial charge on any atom is 0.261 e. The van der Waals surface area contributed by atoms with Crippen LogP contribution in [-0.2, 0) is 29.4 Å². The Kier molecular flexibility index (Phi) is 6.90.